The topological polar surface area (TPSA) is 43.4 Å². The molecule has 20 heavy (non-hydrogen) atoms. The summed E-state index contributed by atoms with van der Waals surface area (Å²) in [5.41, 5.74) is 2.36. The minimum Gasteiger partial charge on any atom is -0.454 e. The molecule has 5 heteroatoms. The van der Waals surface area contributed by atoms with Gasteiger partial charge >= 0.3 is 0 Å². The lowest BCUT2D eigenvalue weighted by atomic mass is 10.2. The number of aromatic nitrogens is 1. The number of aryl methyl sites for hydroxylation is 2. The Balaban J connectivity index is 1.48. The first-order valence-electron chi connectivity index (χ1n) is 6.74. The molecule has 2 heterocycles. The molecule has 0 aliphatic carbocycles. The Hall–Kier alpha value is -1.59. The van der Waals surface area contributed by atoms with Crippen LogP contribution in [0.15, 0.2) is 18.2 Å². The molecule has 4 nitrogen and oxygen atoms in total. The summed E-state index contributed by atoms with van der Waals surface area (Å²) in [5.74, 6) is 1.68. The average Bonchev–Trinajstić information content (AvgIpc) is 3.02. The van der Waals surface area contributed by atoms with Crippen LogP contribution in [0, 0.1) is 13.8 Å². The quantitative estimate of drug-likeness (QED) is 0.860. The summed E-state index contributed by atoms with van der Waals surface area (Å²) < 4.78 is 10.7. The molecule has 2 aromatic rings. The molecule has 0 saturated carbocycles. The normalized spacial score (nSPS) is 12.9. The predicted molar refractivity (Wildman–Crippen MR) is 79.6 cm³/mol. The zero-order chi connectivity index (χ0) is 13.9. The third-order valence-corrected chi connectivity index (χ3v) is 4.49. The molecule has 1 aromatic heterocycles. The van der Waals surface area contributed by atoms with Crippen molar-refractivity contribution in [3.05, 3.63) is 39.3 Å². The number of nitrogens with one attached hydrogen (secondary N) is 1. The maximum Gasteiger partial charge on any atom is 0.231 e. The van der Waals surface area contributed by atoms with Crippen molar-refractivity contribution in [2.45, 2.75) is 26.8 Å². The lowest BCUT2D eigenvalue weighted by Crippen LogP contribution is -2.16. The Kier molecular flexibility index (Phi) is 3.89. The molecule has 0 amide bonds. The van der Waals surface area contributed by atoms with Crippen molar-refractivity contribution in [3.63, 3.8) is 0 Å². The van der Waals surface area contributed by atoms with Gasteiger partial charge in [-0.25, -0.2) is 4.98 Å². The first-order chi connectivity index (χ1) is 9.72. The monoisotopic (exact) mass is 290 g/mol. The second-order valence-electron chi connectivity index (χ2n) is 4.86. The third-order valence-electron chi connectivity index (χ3n) is 3.35. The number of hydrogen-bond acceptors (Lipinski definition) is 5. The SMILES string of the molecule is Cc1nc(CCNCc2ccc3c(c2)OCO3)sc1C. The maximum atomic E-state index is 5.37. The molecule has 1 aliphatic rings. The van der Waals surface area contributed by atoms with Gasteiger partial charge in [-0.15, -0.1) is 11.3 Å². The zero-order valence-electron chi connectivity index (χ0n) is 11.7. The fourth-order valence-electron chi connectivity index (χ4n) is 2.13. The highest BCUT2D eigenvalue weighted by Gasteiger charge is 2.12. The van der Waals surface area contributed by atoms with Gasteiger partial charge in [-0.05, 0) is 31.5 Å². The summed E-state index contributed by atoms with van der Waals surface area (Å²) in [6.45, 7) is 6.28. The van der Waals surface area contributed by atoms with Crippen LogP contribution in [0.2, 0.25) is 0 Å². The molecule has 1 N–H and O–H groups in total. The van der Waals surface area contributed by atoms with Crippen LogP contribution in [0.5, 0.6) is 11.5 Å². The highest BCUT2D eigenvalue weighted by Crippen LogP contribution is 2.32. The molecule has 3 rings (SSSR count). The summed E-state index contributed by atoms with van der Waals surface area (Å²) in [6, 6.07) is 6.07. The fraction of sp³-hybridized carbons (Fsp3) is 0.400. The number of fused-ring (bicyclic) bond motifs is 1. The molecule has 0 unspecified atom stereocenters. The maximum absolute atomic E-state index is 5.37. The Morgan fingerprint density at radius 3 is 2.90 bits per heavy atom. The van der Waals surface area contributed by atoms with Crippen LogP contribution in [-0.4, -0.2) is 18.3 Å². The van der Waals surface area contributed by atoms with Gasteiger partial charge in [0.15, 0.2) is 11.5 Å². The van der Waals surface area contributed by atoms with Gasteiger partial charge < -0.3 is 14.8 Å². The van der Waals surface area contributed by atoms with Gasteiger partial charge in [0.2, 0.25) is 6.79 Å². The zero-order valence-corrected chi connectivity index (χ0v) is 12.5. The molecule has 0 atom stereocenters. The molecule has 1 aromatic carbocycles. The van der Waals surface area contributed by atoms with Crippen molar-refractivity contribution in [1.29, 1.82) is 0 Å². The van der Waals surface area contributed by atoms with Gasteiger partial charge in [0, 0.05) is 24.4 Å². The molecule has 0 saturated heterocycles. The van der Waals surface area contributed by atoms with Gasteiger partial charge in [-0.1, -0.05) is 6.07 Å². The second-order valence-corrected chi connectivity index (χ2v) is 6.15. The van der Waals surface area contributed by atoms with Gasteiger partial charge in [0.1, 0.15) is 0 Å². The highest BCUT2D eigenvalue weighted by molar-refractivity contribution is 7.11. The van der Waals surface area contributed by atoms with E-state index in [0.29, 0.717) is 6.79 Å². The van der Waals surface area contributed by atoms with E-state index in [0.717, 1.165) is 36.7 Å². The van der Waals surface area contributed by atoms with Gasteiger partial charge in [-0.3, -0.25) is 0 Å². The number of hydrogen-bond donors (Lipinski definition) is 1. The van der Waals surface area contributed by atoms with E-state index in [1.165, 1.54) is 15.4 Å². The van der Waals surface area contributed by atoms with E-state index in [4.69, 9.17) is 9.47 Å². The molecule has 0 radical (unpaired) electrons. The Morgan fingerprint density at radius 2 is 2.10 bits per heavy atom. The number of thiazole rings is 1. The fourth-order valence-corrected chi connectivity index (χ4v) is 3.06. The van der Waals surface area contributed by atoms with Gasteiger partial charge in [0.05, 0.1) is 10.7 Å². The van der Waals surface area contributed by atoms with Crippen LogP contribution in [0.1, 0.15) is 21.1 Å². The first-order valence-corrected chi connectivity index (χ1v) is 7.56. The summed E-state index contributed by atoms with van der Waals surface area (Å²) in [5, 5.41) is 4.65. The number of rotatable bonds is 5. The van der Waals surface area contributed by atoms with Crippen LogP contribution >= 0.6 is 11.3 Å². The molecule has 0 spiro atoms. The Bertz CT molecular complexity index is 590. The second kappa shape index (κ2) is 5.81. The van der Waals surface area contributed by atoms with Crippen LogP contribution in [0.4, 0.5) is 0 Å². The molecule has 0 bridgehead atoms. The van der Waals surface area contributed by atoms with Crippen molar-refractivity contribution in [2.24, 2.45) is 0 Å². The molecule has 1 aliphatic heterocycles. The van der Waals surface area contributed by atoms with E-state index >= 15 is 0 Å². The number of nitrogens with zero attached hydrogens (tertiary/aromatic N) is 1. The van der Waals surface area contributed by atoms with Crippen molar-refractivity contribution < 1.29 is 9.47 Å². The van der Waals surface area contributed by atoms with E-state index in [9.17, 15) is 0 Å². The molecule has 106 valence electrons. The smallest absolute Gasteiger partial charge is 0.231 e. The largest absolute Gasteiger partial charge is 0.454 e. The standard InChI is InChI=1S/C15H18N2O2S/c1-10-11(2)20-15(17-10)5-6-16-8-12-3-4-13-14(7-12)19-9-18-13/h3-4,7,16H,5-6,8-9H2,1-2H3. The molecular weight excluding hydrogens is 272 g/mol. The number of ether oxygens (including phenoxy) is 2. The lowest BCUT2D eigenvalue weighted by molar-refractivity contribution is 0.174. The Labute approximate surface area is 122 Å². The van der Waals surface area contributed by atoms with E-state index in [1.54, 1.807) is 11.3 Å². The van der Waals surface area contributed by atoms with Crippen molar-refractivity contribution in [3.8, 4) is 11.5 Å². The van der Waals surface area contributed by atoms with Crippen LogP contribution in [0.3, 0.4) is 0 Å². The predicted octanol–water partition coefficient (Wildman–Crippen LogP) is 2.82. The van der Waals surface area contributed by atoms with Crippen molar-refractivity contribution in [1.82, 2.24) is 10.3 Å². The van der Waals surface area contributed by atoms with E-state index in [2.05, 4.69) is 30.2 Å². The van der Waals surface area contributed by atoms with Crippen LogP contribution in [-0.2, 0) is 13.0 Å². The van der Waals surface area contributed by atoms with Crippen LogP contribution in [0.25, 0.3) is 0 Å². The van der Waals surface area contributed by atoms with E-state index in [1.807, 2.05) is 12.1 Å². The van der Waals surface area contributed by atoms with Crippen LogP contribution < -0.4 is 14.8 Å². The van der Waals surface area contributed by atoms with Gasteiger partial charge in [-0.2, -0.15) is 0 Å². The van der Waals surface area contributed by atoms with Gasteiger partial charge in [0.25, 0.3) is 0 Å². The van der Waals surface area contributed by atoms with Crippen molar-refractivity contribution >= 4 is 11.3 Å². The average molecular weight is 290 g/mol. The molecule has 0 fully saturated rings. The summed E-state index contributed by atoms with van der Waals surface area (Å²) in [6.07, 6.45) is 0.976. The summed E-state index contributed by atoms with van der Waals surface area (Å²) in [4.78, 5) is 5.86. The minimum absolute atomic E-state index is 0.328. The first kappa shape index (κ1) is 13.4. The van der Waals surface area contributed by atoms with E-state index < -0.39 is 0 Å². The molecular formula is C15H18N2O2S. The van der Waals surface area contributed by atoms with E-state index in [-0.39, 0.29) is 0 Å². The minimum atomic E-state index is 0.328. The summed E-state index contributed by atoms with van der Waals surface area (Å²) >= 11 is 1.79. The van der Waals surface area contributed by atoms with Crippen molar-refractivity contribution in [2.75, 3.05) is 13.3 Å². The Morgan fingerprint density at radius 1 is 1.25 bits per heavy atom. The highest BCUT2D eigenvalue weighted by atomic mass is 32.1. The number of benzene rings is 1. The third kappa shape index (κ3) is 2.94. The lowest BCUT2D eigenvalue weighted by Gasteiger charge is -2.05. The summed E-state index contributed by atoms with van der Waals surface area (Å²) in [7, 11) is 0.